The Morgan fingerprint density at radius 2 is 2.15 bits per heavy atom. The van der Waals surface area contributed by atoms with E-state index in [-0.39, 0.29) is 5.91 Å². The van der Waals surface area contributed by atoms with E-state index in [0.717, 1.165) is 28.7 Å². The van der Waals surface area contributed by atoms with Gasteiger partial charge in [0.2, 0.25) is 5.91 Å². The maximum atomic E-state index is 11.1. The molecule has 0 saturated heterocycles. The summed E-state index contributed by atoms with van der Waals surface area (Å²) < 4.78 is 0. The molecule has 1 unspecified atom stereocenters. The Labute approximate surface area is 124 Å². The summed E-state index contributed by atoms with van der Waals surface area (Å²) in [6, 6.07) is 8.09. The van der Waals surface area contributed by atoms with Crippen molar-refractivity contribution in [1.82, 2.24) is 0 Å². The molecule has 0 saturated carbocycles. The lowest BCUT2D eigenvalue weighted by atomic mass is 10.0. The number of hydrogen-bond acceptors (Lipinski definition) is 4. The van der Waals surface area contributed by atoms with Crippen molar-refractivity contribution < 1.29 is 4.79 Å². The number of benzene rings is 1. The zero-order valence-corrected chi connectivity index (χ0v) is 13.0. The Bertz CT molecular complexity index is 514. The molecule has 0 radical (unpaired) electrons. The minimum atomic E-state index is -0.0635. The van der Waals surface area contributed by atoms with E-state index in [2.05, 4.69) is 24.5 Å². The Hall–Kier alpha value is -1.49. The molecule has 1 aliphatic rings. The first-order valence-corrected chi connectivity index (χ1v) is 7.88. The van der Waals surface area contributed by atoms with Crippen molar-refractivity contribution in [3.8, 4) is 0 Å². The van der Waals surface area contributed by atoms with Gasteiger partial charge in [-0.25, -0.2) is 0 Å². The van der Waals surface area contributed by atoms with Gasteiger partial charge in [-0.3, -0.25) is 9.79 Å². The topological polar surface area (TPSA) is 53.5 Å². The molecular formula is C15H21N3OS. The minimum Gasteiger partial charge on any atom is -0.335 e. The quantitative estimate of drug-likeness (QED) is 0.895. The van der Waals surface area contributed by atoms with Gasteiger partial charge in [-0.2, -0.15) is 0 Å². The molecule has 20 heavy (non-hydrogen) atoms. The lowest BCUT2D eigenvalue weighted by molar-refractivity contribution is -0.114. The zero-order valence-electron chi connectivity index (χ0n) is 12.1. The van der Waals surface area contributed by atoms with E-state index < -0.39 is 0 Å². The standard InChI is InChI=1S/C15H21N3OS/c1-10(2)14-7-8-20-15(18-14)17-13-6-4-5-12(9-13)16-11(3)19/h4-6,9-10,14H,7-8H2,1-3H3,(H,16,19)(H,17,18). The van der Waals surface area contributed by atoms with Gasteiger partial charge in [0.15, 0.2) is 5.17 Å². The van der Waals surface area contributed by atoms with Gasteiger partial charge in [0, 0.05) is 24.1 Å². The lowest BCUT2D eigenvalue weighted by Gasteiger charge is -2.23. The number of aliphatic imine (C=N–C) groups is 1. The first-order chi connectivity index (χ1) is 9.54. The van der Waals surface area contributed by atoms with Crippen LogP contribution in [0, 0.1) is 5.92 Å². The van der Waals surface area contributed by atoms with Crippen LogP contribution in [0.4, 0.5) is 11.4 Å². The van der Waals surface area contributed by atoms with Gasteiger partial charge in [-0.15, -0.1) is 0 Å². The Balaban J connectivity index is 2.07. The van der Waals surface area contributed by atoms with Gasteiger partial charge in [-0.05, 0) is 30.5 Å². The molecule has 5 heteroatoms. The fourth-order valence-corrected chi connectivity index (χ4v) is 3.03. The monoisotopic (exact) mass is 291 g/mol. The van der Waals surface area contributed by atoms with Crippen molar-refractivity contribution in [3.63, 3.8) is 0 Å². The predicted octanol–water partition coefficient (Wildman–Crippen LogP) is 3.57. The van der Waals surface area contributed by atoms with Crippen LogP contribution in [0.2, 0.25) is 0 Å². The molecule has 0 bridgehead atoms. The van der Waals surface area contributed by atoms with Gasteiger partial charge < -0.3 is 10.6 Å². The number of carbonyl (C=O) groups excluding carboxylic acids is 1. The number of nitrogens with zero attached hydrogens (tertiary/aromatic N) is 1. The third kappa shape index (κ3) is 4.27. The molecule has 1 amide bonds. The van der Waals surface area contributed by atoms with Crippen LogP contribution in [-0.4, -0.2) is 22.9 Å². The summed E-state index contributed by atoms with van der Waals surface area (Å²) in [6.45, 7) is 5.92. The molecule has 1 aromatic rings. The van der Waals surface area contributed by atoms with Gasteiger partial charge in [0.25, 0.3) is 0 Å². The maximum Gasteiger partial charge on any atom is 0.221 e. The SMILES string of the molecule is CC(=O)Nc1cccc(NC2=NC(C(C)C)CCS2)c1. The Kier molecular flexibility index (Phi) is 5.06. The van der Waals surface area contributed by atoms with Crippen LogP contribution in [-0.2, 0) is 4.79 Å². The van der Waals surface area contributed by atoms with Crippen LogP contribution in [0.5, 0.6) is 0 Å². The molecule has 2 N–H and O–H groups in total. The number of amides is 1. The fourth-order valence-electron chi connectivity index (χ4n) is 2.08. The summed E-state index contributed by atoms with van der Waals surface area (Å²) in [7, 11) is 0. The average molecular weight is 291 g/mol. The predicted molar refractivity (Wildman–Crippen MR) is 87.5 cm³/mol. The smallest absolute Gasteiger partial charge is 0.221 e. The highest BCUT2D eigenvalue weighted by Gasteiger charge is 2.18. The second-order valence-corrected chi connectivity index (χ2v) is 6.35. The van der Waals surface area contributed by atoms with Crippen molar-refractivity contribution in [2.75, 3.05) is 16.4 Å². The first kappa shape index (κ1) is 14.9. The third-order valence-corrected chi connectivity index (χ3v) is 4.06. The summed E-state index contributed by atoms with van der Waals surface area (Å²) in [5.74, 6) is 1.60. The van der Waals surface area contributed by atoms with Gasteiger partial charge in [-0.1, -0.05) is 31.7 Å². The third-order valence-electron chi connectivity index (χ3n) is 3.14. The summed E-state index contributed by atoms with van der Waals surface area (Å²) in [5.41, 5.74) is 1.75. The van der Waals surface area contributed by atoms with E-state index in [4.69, 9.17) is 4.99 Å². The van der Waals surface area contributed by atoms with E-state index in [1.54, 1.807) is 11.8 Å². The van der Waals surface area contributed by atoms with Crippen LogP contribution in [0.15, 0.2) is 29.3 Å². The van der Waals surface area contributed by atoms with Crippen LogP contribution < -0.4 is 10.6 Å². The molecule has 1 heterocycles. The van der Waals surface area contributed by atoms with E-state index in [9.17, 15) is 4.79 Å². The Morgan fingerprint density at radius 3 is 2.85 bits per heavy atom. The van der Waals surface area contributed by atoms with Gasteiger partial charge in [0.1, 0.15) is 0 Å². The van der Waals surface area contributed by atoms with Crippen molar-refractivity contribution in [2.45, 2.75) is 33.2 Å². The van der Waals surface area contributed by atoms with Crippen molar-refractivity contribution in [3.05, 3.63) is 24.3 Å². The number of anilines is 2. The van der Waals surface area contributed by atoms with Crippen molar-refractivity contribution >= 4 is 34.2 Å². The molecule has 1 aliphatic heterocycles. The molecule has 1 aromatic carbocycles. The molecule has 2 rings (SSSR count). The van der Waals surface area contributed by atoms with E-state index >= 15 is 0 Å². The second-order valence-electron chi connectivity index (χ2n) is 5.27. The maximum absolute atomic E-state index is 11.1. The van der Waals surface area contributed by atoms with E-state index in [0.29, 0.717) is 12.0 Å². The molecule has 1 atom stereocenters. The van der Waals surface area contributed by atoms with Crippen LogP contribution in [0.25, 0.3) is 0 Å². The first-order valence-electron chi connectivity index (χ1n) is 6.90. The zero-order chi connectivity index (χ0) is 14.5. The Morgan fingerprint density at radius 1 is 1.40 bits per heavy atom. The number of thioether (sulfide) groups is 1. The molecule has 0 fully saturated rings. The van der Waals surface area contributed by atoms with Crippen LogP contribution in [0.3, 0.4) is 0 Å². The van der Waals surface area contributed by atoms with Crippen molar-refractivity contribution in [1.29, 1.82) is 0 Å². The number of carbonyl (C=O) groups is 1. The highest BCUT2D eigenvalue weighted by molar-refractivity contribution is 8.14. The van der Waals surface area contributed by atoms with Gasteiger partial charge >= 0.3 is 0 Å². The summed E-state index contributed by atoms with van der Waals surface area (Å²) in [6.07, 6.45) is 1.14. The molecular weight excluding hydrogens is 270 g/mol. The minimum absolute atomic E-state index is 0.0635. The summed E-state index contributed by atoms with van der Waals surface area (Å²) in [5, 5.41) is 7.09. The number of hydrogen-bond donors (Lipinski definition) is 2. The van der Waals surface area contributed by atoms with E-state index in [1.165, 1.54) is 6.92 Å². The largest absolute Gasteiger partial charge is 0.335 e. The molecule has 0 aromatic heterocycles. The second kappa shape index (κ2) is 6.79. The number of nitrogens with one attached hydrogen (secondary N) is 2. The number of rotatable bonds is 3. The molecule has 0 spiro atoms. The average Bonchev–Trinajstić information content (AvgIpc) is 2.38. The normalized spacial score (nSPS) is 18.6. The van der Waals surface area contributed by atoms with Crippen LogP contribution in [0.1, 0.15) is 27.2 Å². The highest BCUT2D eigenvalue weighted by Crippen LogP contribution is 2.24. The molecule has 0 aliphatic carbocycles. The summed E-state index contributed by atoms with van der Waals surface area (Å²) >= 11 is 1.75. The number of amidine groups is 1. The fraction of sp³-hybridized carbons (Fsp3) is 0.467. The molecule has 108 valence electrons. The van der Waals surface area contributed by atoms with Crippen LogP contribution >= 0.6 is 11.8 Å². The van der Waals surface area contributed by atoms with Gasteiger partial charge in [0.05, 0.1) is 6.04 Å². The summed E-state index contributed by atoms with van der Waals surface area (Å²) in [4.78, 5) is 15.8. The lowest BCUT2D eigenvalue weighted by Crippen LogP contribution is -2.23. The highest BCUT2D eigenvalue weighted by atomic mass is 32.2. The van der Waals surface area contributed by atoms with E-state index in [1.807, 2.05) is 24.3 Å². The molecule has 4 nitrogen and oxygen atoms in total. The van der Waals surface area contributed by atoms with Crippen molar-refractivity contribution in [2.24, 2.45) is 10.9 Å².